The van der Waals surface area contributed by atoms with Gasteiger partial charge in [0.05, 0.1) is 18.6 Å². The number of hydrogen-bond donors (Lipinski definition) is 0. The van der Waals surface area contributed by atoms with E-state index in [2.05, 4.69) is 4.90 Å². The van der Waals surface area contributed by atoms with E-state index in [1.54, 1.807) is 48.4 Å². The van der Waals surface area contributed by atoms with Gasteiger partial charge in [-0.15, -0.1) is 0 Å². The Bertz CT molecular complexity index is 1050. The molecule has 0 radical (unpaired) electrons. The molecule has 172 valence electrons. The zero-order chi connectivity index (χ0) is 22.9. The van der Waals surface area contributed by atoms with Crippen LogP contribution in [0.2, 0.25) is 0 Å². The number of rotatable bonds is 6. The number of hydrogen-bond acceptors (Lipinski definition) is 5. The lowest BCUT2D eigenvalue weighted by Gasteiger charge is -2.32. The minimum absolute atomic E-state index is 0.0400. The summed E-state index contributed by atoms with van der Waals surface area (Å²) in [6.45, 7) is 6.23. The number of ether oxygens (including phenoxy) is 1. The van der Waals surface area contributed by atoms with Crippen LogP contribution < -0.4 is 4.74 Å². The van der Waals surface area contributed by atoms with Gasteiger partial charge in [-0.1, -0.05) is 29.8 Å². The maximum absolute atomic E-state index is 13.7. The van der Waals surface area contributed by atoms with Gasteiger partial charge in [0.15, 0.2) is 0 Å². The van der Waals surface area contributed by atoms with Crippen LogP contribution in [0.3, 0.4) is 0 Å². The quantitative estimate of drug-likeness (QED) is 0.667. The van der Waals surface area contributed by atoms with E-state index in [1.807, 2.05) is 26.0 Å². The van der Waals surface area contributed by atoms with Crippen LogP contribution in [0.15, 0.2) is 53.4 Å². The van der Waals surface area contributed by atoms with E-state index >= 15 is 0 Å². The molecule has 2 heterocycles. The zero-order valence-corrected chi connectivity index (χ0v) is 19.7. The molecule has 2 saturated heterocycles. The van der Waals surface area contributed by atoms with Crippen molar-refractivity contribution < 1.29 is 17.9 Å². The summed E-state index contributed by atoms with van der Waals surface area (Å²) in [6, 6.07) is 13.9. The van der Waals surface area contributed by atoms with Gasteiger partial charge in [0.1, 0.15) is 11.9 Å². The summed E-state index contributed by atoms with van der Waals surface area (Å²) in [5, 5.41) is 0. The largest absolute Gasteiger partial charge is 0.497 e. The molecule has 0 bridgehead atoms. The SMILES string of the molecule is COc1ccc([C@@H]2N(C(=O)CN3CCCC3)[C@@H](C)CN2S(=O)(=O)c2ccc(C)cc2)cc1. The van der Waals surface area contributed by atoms with Gasteiger partial charge in [-0.3, -0.25) is 9.69 Å². The highest BCUT2D eigenvalue weighted by atomic mass is 32.2. The number of benzene rings is 2. The molecule has 0 spiro atoms. The highest BCUT2D eigenvalue weighted by molar-refractivity contribution is 7.89. The average Bonchev–Trinajstić information content (AvgIpc) is 3.41. The Balaban J connectivity index is 1.72. The first-order valence-corrected chi connectivity index (χ1v) is 12.5. The van der Waals surface area contributed by atoms with Crippen LogP contribution in [0.4, 0.5) is 0 Å². The van der Waals surface area contributed by atoms with E-state index in [9.17, 15) is 13.2 Å². The van der Waals surface area contributed by atoms with Crippen LogP contribution in [0.1, 0.15) is 37.1 Å². The summed E-state index contributed by atoms with van der Waals surface area (Å²) in [7, 11) is -2.21. The maximum Gasteiger partial charge on any atom is 0.245 e. The maximum atomic E-state index is 13.7. The third-order valence-electron chi connectivity index (χ3n) is 6.34. The van der Waals surface area contributed by atoms with Gasteiger partial charge in [-0.25, -0.2) is 8.42 Å². The predicted octanol–water partition coefficient (Wildman–Crippen LogP) is 3.02. The minimum Gasteiger partial charge on any atom is -0.497 e. The number of carbonyl (C=O) groups excluding carboxylic acids is 1. The number of likely N-dealkylation sites (tertiary alicyclic amines) is 1. The van der Waals surface area contributed by atoms with Crippen LogP contribution in [0.5, 0.6) is 5.75 Å². The third kappa shape index (κ3) is 4.40. The van der Waals surface area contributed by atoms with E-state index < -0.39 is 16.2 Å². The first-order chi connectivity index (χ1) is 15.3. The Labute approximate surface area is 190 Å². The fraction of sp³-hybridized carbons (Fsp3) is 0.458. The summed E-state index contributed by atoms with van der Waals surface area (Å²) >= 11 is 0. The molecule has 2 aliphatic rings. The van der Waals surface area contributed by atoms with E-state index in [1.165, 1.54) is 4.31 Å². The lowest BCUT2D eigenvalue weighted by atomic mass is 10.1. The Hall–Kier alpha value is -2.42. The molecule has 4 rings (SSSR count). The third-order valence-corrected chi connectivity index (χ3v) is 8.18. The van der Waals surface area contributed by atoms with Gasteiger partial charge in [0, 0.05) is 12.6 Å². The molecule has 0 N–H and O–H groups in total. The Morgan fingerprint density at radius 1 is 1.03 bits per heavy atom. The molecule has 2 atom stereocenters. The number of carbonyl (C=O) groups is 1. The van der Waals surface area contributed by atoms with Crippen molar-refractivity contribution in [3.05, 3.63) is 59.7 Å². The fourth-order valence-corrected chi connectivity index (χ4v) is 6.25. The van der Waals surface area contributed by atoms with Crippen molar-refractivity contribution >= 4 is 15.9 Å². The summed E-state index contributed by atoms with van der Waals surface area (Å²) in [5.74, 6) is 0.643. The summed E-state index contributed by atoms with van der Waals surface area (Å²) in [5.41, 5.74) is 1.74. The molecule has 0 aliphatic carbocycles. The number of aryl methyl sites for hydroxylation is 1. The molecule has 0 unspecified atom stereocenters. The normalized spacial score (nSPS) is 22.4. The Morgan fingerprint density at radius 2 is 1.66 bits per heavy atom. The average molecular weight is 458 g/mol. The van der Waals surface area contributed by atoms with Gasteiger partial charge in [0.25, 0.3) is 0 Å². The van der Waals surface area contributed by atoms with Gasteiger partial charge in [-0.05, 0) is 69.6 Å². The van der Waals surface area contributed by atoms with Crippen LogP contribution in [-0.4, -0.2) is 67.8 Å². The fourth-order valence-electron chi connectivity index (χ4n) is 4.60. The lowest BCUT2D eigenvalue weighted by Crippen LogP contribution is -2.44. The highest BCUT2D eigenvalue weighted by Crippen LogP contribution is 2.38. The monoisotopic (exact) mass is 457 g/mol. The molecule has 2 aromatic rings. The molecule has 0 saturated carbocycles. The predicted molar refractivity (Wildman–Crippen MR) is 123 cm³/mol. The summed E-state index contributed by atoms with van der Waals surface area (Å²) in [4.78, 5) is 17.5. The second kappa shape index (κ2) is 9.21. The number of methoxy groups -OCH3 is 1. The zero-order valence-electron chi connectivity index (χ0n) is 18.9. The summed E-state index contributed by atoms with van der Waals surface area (Å²) in [6.07, 6.45) is 1.49. The Kier molecular flexibility index (Phi) is 6.55. The minimum atomic E-state index is -3.80. The van der Waals surface area contributed by atoms with E-state index in [-0.39, 0.29) is 23.4 Å². The van der Waals surface area contributed by atoms with Gasteiger partial charge in [-0.2, -0.15) is 4.31 Å². The van der Waals surface area contributed by atoms with Crippen LogP contribution in [0.25, 0.3) is 0 Å². The number of amides is 1. The molecule has 2 fully saturated rings. The smallest absolute Gasteiger partial charge is 0.245 e. The van der Waals surface area contributed by atoms with Crippen molar-refractivity contribution in [3.8, 4) is 5.75 Å². The molecule has 1 amide bonds. The molecular formula is C24H31N3O4S. The molecule has 0 aromatic heterocycles. The molecular weight excluding hydrogens is 426 g/mol. The standard InChI is InChI=1S/C24H31N3O4S/c1-18-6-12-22(13-7-18)32(29,30)26-16-19(2)27(23(28)17-25-14-4-5-15-25)24(26)20-8-10-21(31-3)11-9-20/h6-13,19,24H,4-5,14-17H2,1-3H3/t19-,24-/m0/s1. The van der Waals surface area contributed by atoms with Gasteiger partial charge < -0.3 is 9.64 Å². The molecule has 2 aliphatic heterocycles. The van der Waals surface area contributed by atoms with Crippen LogP contribution in [-0.2, 0) is 14.8 Å². The van der Waals surface area contributed by atoms with E-state index in [4.69, 9.17) is 4.74 Å². The lowest BCUT2D eigenvalue weighted by molar-refractivity contribution is -0.135. The van der Waals surface area contributed by atoms with E-state index in [0.29, 0.717) is 12.3 Å². The van der Waals surface area contributed by atoms with Crippen molar-refractivity contribution in [2.24, 2.45) is 0 Å². The van der Waals surface area contributed by atoms with Gasteiger partial charge >= 0.3 is 0 Å². The second-order valence-corrected chi connectivity index (χ2v) is 10.6. The Morgan fingerprint density at radius 3 is 2.25 bits per heavy atom. The van der Waals surface area contributed by atoms with Crippen LogP contribution in [0, 0.1) is 6.92 Å². The second-order valence-electron chi connectivity index (χ2n) is 8.67. The van der Waals surface area contributed by atoms with Crippen LogP contribution >= 0.6 is 0 Å². The van der Waals surface area contributed by atoms with Crippen molar-refractivity contribution in [2.75, 3.05) is 33.3 Å². The summed E-state index contributed by atoms with van der Waals surface area (Å²) < 4.78 is 34.1. The first-order valence-electron chi connectivity index (χ1n) is 11.1. The number of nitrogens with zero attached hydrogens (tertiary/aromatic N) is 3. The van der Waals surface area contributed by atoms with Crippen molar-refractivity contribution in [1.82, 2.24) is 14.1 Å². The molecule has 7 nitrogen and oxygen atoms in total. The highest BCUT2D eigenvalue weighted by Gasteiger charge is 2.47. The number of sulfonamides is 1. The topological polar surface area (TPSA) is 70.2 Å². The van der Waals surface area contributed by atoms with Gasteiger partial charge in [0.2, 0.25) is 15.9 Å². The molecule has 32 heavy (non-hydrogen) atoms. The van der Waals surface area contributed by atoms with Crippen molar-refractivity contribution in [2.45, 2.75) is 43.8 Å². The van der Waals surface area contributed by atoms with E-state index in [0.717, 1.165) is 37.1 Å². The molecule has 2 aromatic carbocycles. The van der Waals surface area contributed by atoms with Crippen molar-refractivity contribution in [1.29, 1.82) is 0 Å². The first kappa shape index (κ1) is 22.8. The van der Waals surface area contributed by atoms with Crippen molar-refractivity contribution in [3.63, 3.8) is 0 Å². The molecule has 8 heteroatoms.